The summed E-state index contributed by atoms with van der Waals surface area (Å²) in [7, 11) is 3.08. The molecule has 0 saturated carbocycles. The van der Waals surface area contributed by atoms with Gasteiger partial charge in [0, 0.05) is 25.1 Å². The van der Waals surface area contributed by atoms with Gasteiger partial charge in [0.2, 0.25) is 0 Å². The van der Waals surface area contributed by atoms with Gasteiger partial charge in [-0.2, -0.15) is 0 Å². The van der Waals surface area contributed by atoms with Gasteiger partial charge in [0.15, 0.2) is 5.78 Å². The first-order valence-electron chi connectivity index (χ1n) is 7.99. The lowest BCUT2D eigenvalue weighted by Crippen LogP contribution is -2.35. The van der Waals surface area contributed by atoms with Gasteiger partial charge in [-0.15, -0.1) is 0 Å². The molecule has 0 aliphatic carbocycles. The first kappa shape index (κ1) is 18.1. The van der Waals surface area contributed by atoms with Gasteiger partial charge in [-0.25, -0.2) is 4.79 Å². The smallest absolute Gasteiger partial charge is 0.410 e. The van der Waals surface area contributed by atoms with Crippen LogP contribution < -0.4 is 9.47 Å². The fraction of sp³-hybridized carbons (Fsp3) is 0.556. The topological polar surface area (TPSA) is 65.1 Å². The van der Waals surface area contributed by atoms with Gasteiger partial charge >= 0.3 is 6.09 Å². The van der Waals surface area contributed by atoms with Crippen LogP contribution in [0.3, 0.4) is 0 Å². The van der Waals surface area contributed by atoms with Crippen molar-refractivity contribution in [1.29, 1.82) is 0 Å². The number of likely N-dealkylation sites (tertiary alicyclic amines) is 1. The van der Waals surface area contributed by atoms with Gasteiger partial charge in [0.1, 0.15) is 17.1 Å². The quantitative estimate of drug-likeness (QED) is 0.791. The molecule has 1 aliphatic rings. The van der Waals surface area contributed by atoms with E-state index in [-0.39, 0.29) is 17.8 Å². The average Bonchev–Trinajstić information content (AvgIpc) is 3.02. The van der Waals surface area contributed by atoms with Crippen LogP contribution in [-0.4, -0.2) is 49.7 Å². The largest absolute Gasteiger partial charge is 0.497 e. The second-order valence-corrected chi connectivity index (χ2v) is 6.84. The van der Waals surface area contributed by atoms with Crippen molar-refractivity contribution in [2.24, 2.45) is 5.92 Å². The van der Waals surface area contributed by atoms with Crippen LogP contribution in [0.15, 0.2) is 18.2 Å². The Kier molecular flexibility index (Phi) is 5.36. The van der Waals surface area contributed by atoms with Crippen molar-refractivity contribution in [3.05, 3.63) is 23.8 Å². The molecule has 0 unspecified atom stereocenters. The highest BCUT2D eigenvalue weighted by molar-refractivity contribution is 6.01. The van der Waals surface area contributed by atoms with Crippen LogP contribution in [-0.2, 0) is 4.74 Å². The zero-order valence-electron chi connectivity index (χ0n) is 14.9. The molecule has 0 radical (unpaired) electrons. The summed E-state index contributed by atoms with van der Waals surface area (Å²) >= 11 is 0. The second-order valence-electron chi connectivity index (χ2n) is 6.84. The number of nitrogens with zero attached hydrogens (tertiary/aromatic N) is 1. The number of hydrogen-bond donors (Lipinski definition) is 0. The van der Waals surface area contributed by atoms with Gasteiger partial charge < -0.3 is 19.1 Å². The van der Waals surface area contributed by atoms with Gasteiger partial charge in [-0.3, -0.25) is 4.79 Å². The molecule has 1 atom stereocenters. The Morgan fingerprint density at radius 3 is 2.46 bits per heavy atom. The monoisotopic (exact) mass is 335 g/mol. The van der Waals surface area contributed by atoms with Crippen LogP contribution in [0.25, 0.3) is 0 Å². The molecule has 1 aromatic rings. The maximum Gasteiger partial charge on any atom is 0.410 e. The lowest BCUT2D eigenvalue weighted by Gasteiger charge is -2.24. The van der Waals surface area contributed by atoms with Crippen molar-refractivity contribution in [2.75, 3.05) is 27.3 Å². The zero-order valence-corrected chi connectivity index (χ0v) is 14.9. The first-order chi connectivity index (χ1) is 11.2. The number of hydrogen-bond acceptors (Lipinski definition) is 5. The summed E-state index contributed by atoms with van der Waals surface area (Å²) < 4.78 is 15.8. The normalized spacial score (nSPS) is 17.5. The maximum atomic E-state index is 12.8. The van der Waals surface area contributed by atoms with Crippen molar-refractivity contribution in [1.82, 2.24) is 4.90 Å². The third-order valence-electron chi connectivity index (χ3n) is 3.88. The Bertz CT molecular complexity index is 620. The Morgan fingerprint density at radius 2 is 1.88 bits per heavy atom. The van der Waals surface area contributed by atoms with Crippen molar-refractivity contribution in [3.63, 3.8) is 0 Å². The minimum atomic E-state index is -0.543. The number of carbonyl (C=O) groups excluding carboxylic acids is 2. The number of amides is 1. The van der Waals surface area contributed by atoms with Gasteiger partial charge in [-0.1, -0.05) is 0 Å². The van der Waals surface area contributed by atoms with Crippen LogP contribution in [0.4, 0.5) is 4.79 Å². The van der Waals surface area contributed by atoms with Crippen molar-refractivity contribution < 1.29 is 23.8 Å². The van der Waals surface area contributed by atoms with Crippen LogP contribution in [0.5, 0.6) is 11.5 Å². The molecule has 1 fully saturated rings. The Labute approximate surface area is 142 Å². The summed E-state index contributed by atoms with van der Waals surface area (Å²) in [5.41, 5.74) is -0.0346. The average molecular weight is 335 g/mol. The molecule has 6 nitrogen and oxygen atoms in total. The van der Waals surface area contributed by atoms with Gasteiger partial charge in [0.05, 0.1) is 19.8 Å². The molecule has 1 aromatic carbocycles. The summed E-state index contributed by atoms with van der Waals surface area (Å²) in [4.78, 5) is 26.5. The summed E-state index contributed by atoms with van der Waals surface area (Å²) in [6.45, 7) is 6.36. The molecule has 2 rings (SSSR count). The maximum absolute atomic E-state index is 12.8. The molecule has 0 bridgehead atoms. The van der Waals surface area contributed by atoms with Crippen LogP contribution in [0, 0.1) is 5.92 Å². The molecule has 1 saturated heterocycles. The van der Waals surface area contributed by atoms with Gasteiger partial charge in [0.25, 0.3) is 0 Å². The van der Waals surface area contributed by atoms with Crippen LogP contribution in [0.2, 0.25) is 0 Å². The summed E-state index contributed by atoms with van der Waals surface area (Å²) in [6, 6.07) is 5.13. The van der Waals surface area contributed by atoms with Gasteiger partial charge in [-0.05, 0) is 39.3 Å². The number of methoxy groups -OCH3 is 2. The molecule has 0 aromatic heterocycles. The van der Waals surface area contributed by atoms with Crippen molar-refractivity contribution in [2.45, 2.75) is 32.8 Å². The SMILES string of the molecule is COc1ccc(C(=O)[C@H]2CCN(C(=O)OC(C)(C)C)C2)c(OC)c1. The predicted octanol–water partition coefficient (Wildman–Crippen LogP) is 3.14. The molecule has 1 amide bonds. The summed E-state index contributed by atoms with van der Waals surface area (Å²) in [6.07, 6.45) is 0.243. The fourth-order valence-electron chi connectivity index (χ4n) is 2.69. The Hall–Kier alpha value is -2.24. The van der Waals surface area contributed by atoms with Crippen molar-refractivity contribution in [3.8, 4) is 11.5 Å². The van der Waals surface area contributed by atoms with E-state index in [9.17, 15) is 9.59 Å². The highest BCUT2D eigenvalue weighted by atomic mass is 16.6. The van der Waals surface area contributed by atoms with Crippen molar-refractivity contribution >= 4 is 11.9 Å². The lowest BCUT2D eigenvalue weighted by atomic mass is 9.96. The molecular formula is C18H25NO5. The second kappa shape index (κ2) is 7.11. The van der Waals surface area contributed by atoms with E-state index < -0.39 is 5.60 Å². The number of benzene rings is 1. The highest BCUT2D eigenvalue weighted by Crippen LogP contribution is 2.30. The summed E-state index contributed by atoms with van der Waals surface area (Å²) in [5, 5.41) is 0. The molecule has 132 valence electrons. The molecule has 24 heavy (non-hydrogen) atoms. The summed E-state index contributed by atoms with van der Waals surface area (Å²) in [5.74, 6) is 0.834. The molecular weight excluding hydrogens is 310 g/mol. The molecule has 0 N–H and O–H groups in total. The third kappa shape index (κ3) is 4.19. The Morgan fingerprint density at radius 1 is 1.17 bits per heavy atom. The third-order valence-corrected chi connectivity index (χ3v) is 3.88. The number of ketones is 1. The molecule has 1 heterocycles. The number of rotatable bonds is 4. The van der Waals surface area contributed by atoms with Crippen LogP contribution in [0.1, 0.15) is 37.6 Å². The van der Waals surface area contributed by atoms with Crippen LogP contribution >= 0.6 is 0 Å². The minimum absolute atomic E-state index is 0.0273. The zero-order chi connectivity index (χ0) is 17.9. The lowest BCUT2D eigenvalue weighted by molar-refractivity contribution is 0.0289. The highest BCUT2D eigenvalue weighted by Gasteiger charge is 2.34. The minimum Gasteiger partial charge on any atom is -0.497 e. The number of ether oxygens (including phenoxy) is 3. The number of carbonyl (C=O) groups is 2. The van der Waals surface area contributed by atoms with E-state index in [2.05, 4.69) is 0 Å². The van der Waals surface area contributed by atoms with E-state index in [0.717, 1.165) is 0 Å². The standard InChI is InChI=1S/C18H25NO5/c1-18(2,3)24-17(21)19-9-8-12(11-19)16(20)14-7-6-13(22-4)10-15(14)23-5/h6-7,10,12H,8-9,11H2,1-5H3/t12-/m0/s1. The molecule has 1 aliphatic heterocycles. The fourth-order valence-corrected chi connectivity index (χ4v) is 2.69. The van der Waals surface area contributed by atoms with E-state index in [1.807, 2.05) is 20.8 Å². The number of Topliss-reactive ketones (excluding diaryl/α,β-unsaturated/α-hetero) is 1. The Balaban J connectivity index is 2.08. The van der Waals surface area contributed by atoms with E-state index in [1.165, 1.54) is 7.11 Å². The van der Waals surface area contributed by atoms with E-state index in [4.69, 9.17) is 14.2 Å². The predicted molar refractivity (Wildman–Crippen MR) is 89.8 cm³/mol. The van der Waals surface area contributed by atoms with E-state index in [0.29, 0.717) is 36.6 Å². The van der Waals surface area contributed by atoms with E-state index >= 15 is 0 Å². The molecule has 6 heteroatoms. The molecule has 0 spiro atoms. The van der Waals surface area contributed by atoms with E-state index in [1.54, 1.807) is 30.2 Å². The first-order valence-corrected chi connectivity index (χ1v) is 7.99.